The molecule has 0 radical (unpaired) electrons. The fourth-order valence-corrected chi connectivity index (χ4v) is 5.53. The quantitative estimate of drug-likeness (QED) is 0.298. The minimum absolute atomic E-state index is 0.0680. The second-order valence-corrected chi connectivity index (χ2v) is 12.7. The molecule has 0 fully saturated rings. The first-order chi connectivity index (χ1) is 15.9. The molecule has 1 heterocycles. The summed E-state index contributed by atoms with van der Waals surface area (Å²) in [7, 11) is -1.97. The van der Waals surface area contributed by atoms with Crippen LogP contribution in [0.5, 0.6) is 11.5 Å². The average molecular weight is 462 g/mol. The molecule has 6 nitrogen and oxygen atoms in total. The smallest absolute Gasteiger partial charge is 0.434 e. The molecule has 170 valence electrons. The molecule has 1 unspecified atom stereocenters. The standard InChI is InChI=1S/C26H27NO5Si/c1-33(2,22-11-7-4-8-12-22)16-15-23(21-13-14-24-25(17-21)32-19-31-24)27(29)26(28)30-18-20-9-5-3-6-10-20/h3-17,23,29H,18-19H2,1-2H3/b16-15+. The van der Waals surface area contributed by atoms with Crippen LogP contribution in [0.4, 0.5) is 4.79 Å². The van der Waals surface area contributed by atoms with Gasteiger partial charge in [-0.3, -0.25) is 5.21 Å². The number of fused-ring (bicyclic) bond motifs is 1. The average Bonchev–Trinajstić information content (AvgIpc) is 3.32. The van der Waals surface area contributed by atoms with E-state index in [0.717, 1.165) is 5.56 Å². The number of hydrogen-bond donors (Lipinski definition) is 1. The van der Waals surface area contributed by atoms with Crippen molar-refractivity contribution in [2.45, 2.75) is 25.7 Å². The van der Waals surface area contributed by atoms with Crippen molar-refractivity contribution in [3.63, 3.8) is 0 Å². The second kappa shape index (κ2) is 9.93. The van der Waals surface area contributed by atoms with Gasteiger partial charge in [0.05, 0.1) is 0 Å². The van der Waals surface area contributed by atoms with Gasteiger partial charge in [-0.25, -0.2) is 4.79 Å². The van der Waals surface area contributed by atoms with Crippen molar-refractivity contribution < 1.29 is 24.2 Å². The predicted octanol–water partition coefficient (Wildman–Crippen LogP) is 5.20. The fourth-order valence-electron chi connectivity index (χ4n) is 3.63. The zero-order valence-electron chi connectivity index (χ0n) is 18.7. The maximum absolute atomic E-state index is 12.7. The Morgan fingerprint density at radius 1 is 1.03 bits per heavy atom. The SMILES string of the molecule is C[Si](C)(/C=C/C(c1ccc2c(c1)OCO2)N(O)C(=O)OCc1ccccc1)c1ccccc1. The summed E-state index contributed by atoms with van der Waals surface area (Å²) in [5, 5.41) is 12.8. The molecular weight excluding hydrogens is 434 g/mol. The van der Waals surface area contributed by atoms with Crippen LogP contribution in [0.3, 0.4) is 0 Å². The number of hydrogen-bond acceptors (Lipinski definition) is 5. The molecule has 3 aromatic carbocycles. The monoisotopic (exact) mass is 461 g/mol. The summed E-state index contributed by atoms with van der Waals surface area (Å²) in [6, 6.07) is 24.2. The summed E-state index contributed by atoms with van der Waals surface area (Å²) in [6.45, 7) is 4.64. The lowest BCUT2D eigenvalue weighted by molar-refractivity contribution is -0.0958. The van der Waals surface area contributed by atoms with Gasteiger partial charge < -0.3 is 14.2 Å². The number of amides is 1. The van der Waals surface area contributed by atoms with E-state index in [1.54, 1.807) is 12.1 Å². The van der Waals surface area contributed by atoms with Crippen molar-refractivity contribution in [3.8, 4) is 11.5 Å². The highest BCUT2D eigenvalue weighted by Gasteiger charge is 2.27. The molecule has 1 aliphatic heterocycles. The molecule has 0 bridgehead atoms. The Balaban J connectivity index is 1.59. The van der Waals surface area contributed by atoms with Crippen molar-refractivity contribution in [3.05, 3.63) is 102 Å². The van der Waals surface area contributed by atoms with Crippen LogP contribution in [-0.2, 0) is 11.3 Å². The van der Waals surface area contributed by atoms with Crippen LogP contribution in [0.1, 0.15) is 17.2 Å². The highest BCUT2D eigenvalue weighted by atomic mass is 28.3. The zero-order chi connectivity index (χ0) is 23.3. The molecular formula is C26H27NO5Si. The summed E-state index contributed by atoms with van der Waals surface area (Å²) < 4.78 is 16.3. The number of carbonyl (C=O) groups excluding carboxylic acids is 1. The molecule has 0 spiro atoms. The van der Waals surface area contributed by atoms with Crippen LogP contribution in [0.2, 0.25) is 13.1 Å². The van der Waals surface area contributed by atoms with Gasteiger partial charge in [-0.2, -0.15) is 5.06 Å². The lowest BCUT2D eigenvalue weighted by Crippen LogP contribution is -2.40. The molecule has 1 aliphatic rings. The van der Waals surface area contributed by atoms with Crippen LogP contribution in [-0.4, -0.2) is 31.2 Å². The lowest BCUT2D eigenvalue weighted by atomic mass is 10.1. The third kappa shape index (κ3) is 5.45. The van der Waals surface area contributed by atoms with E-state index in [1.807, 2.05) is 60.7 Å². The Labute approximate surface area is 194 Å². The zero-order valence-corrected chi connectivity index (χ0v) is 19.7. The Morgan fingerprint density at radius 3 is 2.42 bits per heavy atom. The van der Waals surface area contributed by atoms with Gasteiger partial charge >= 0.3 is 6.09 Å². The van der Waals surface area contributed by atoms with E-state index in [0.29, 0.717) is 22.1 Å². The Kier molecular flexibility index (Phi) is 6.81. The predicted molar refractivity (Wildman–Crippen MR) is 128 cm³/mol. The van der Waals surface area contributed by atoms with Crippen LogP contribution in [0.15, 0.2) is 90.6 Å². The number of benzene rings is 3. The highest BCUT2D eigenvalue weighted by molar-refractivity contribution is 6.93. The molecule has 3 aromatic rings. The molecule has 1 atom stereocenters. The van der Waals surface area contributed by atoms with E-state index in [4.69, 9.17) is 14.2 Å². The van der Waals surface area contributed by atoms with Crippen LogP contribution < -0.4 is 14.7 Å². The number of carbonyl (C=O) groups is 1. The third-order valence-corrected chi connectivity index (χ3v) is 8.45. The van der Waals surface area contributed by atoms with Gasteiger partial charge in [0.2, 0.25) is 6.79 Å². The Hall–Kier alpha value is -3.55. The van der Waals surface area contributed by atoms with Crippen molar-refractivity contribution in [1.29, 1.82) is 0 Å². The summed E-state index contributed by atoms with van der Waals surface area (Å²) in [5.41, 5.74) is 3.64. The van der Waals surface area contributed by atoms with Gasteiger partial charge in [0.15, 0.2) is 11.5 Å². The van der Waals surface area contributed by atoms with Gasteiger partial charge in [0, 0.05) is 0 Å². The summed E-state index contributed by atoms with van der Waals surface area (Å²) in [6.07, 6.45) is 1.03. The van der Waals surface area contributed by atoms with E-state index >= 15 is 0 Å². The first kappa shape index (κ1) is 22.6. The number of ether oxygens (including phenoxy) is 3. The lowest BCUT2D eigenvalue weighted by Gasteiger charge is -2.25. The molecule has 0 aliphatic carbocycles. The molecule has 1 amide bonds. The maximum atomic E-state index is 12.7. The van der Waals surface area contributed by atoms with Crippen molar-refractivity contribution in [2.24, 2.45) is 0 Å². The second-order valence-electron chi connectivity index (χ2n) is 8.39. The Bertz CT molecular complexity index is 1120. The minimum Gasteiger partial charge on any atom is -0.454 e. The first-order valence-electron chi connectivity index (χ1n) is 10.8. The summed E-state index contributed by atoms with van der Waals surface area (Å²) >= 11 is 0. The molecule has 0 aromatic heterocycles. The van der Waals surface area contributed by atoms with Crippen molar-refractivity contribution in [2.75, 3.05) is 6.79 Å². The number of hydroxylamine groups is 2. The van der Waals surface area contributed by atoms with E-state index < -0.39 is 20.2 Å². The molecule has 1 N–H and O–H groups in total. The van der Waals surface area contributed by atoms with E-state index in [1.165, 1.54) is 5.19 Å². The maximum Gasteiger partial charge on any atom is 0.434 e. The fraction of sp³-hybridized carbons (Fsp3) is 0.192. The van der Waals surface area contributed by atoms with Crippen molar-refractivity contribution in [1.82, 2.24) is 5.06 Å². The van der Waals surface area contributed by atoms with Crippen LogP contribution >= 0.6 is 0 Å². The minimum atomic E-state index is -1.97. The van der Waals surface area contributed by atoms with Gasteiger partial charge in [0.1, 0.15) is 20.7 Å². The van der Waals surface area contributed by atoms with Crippen LogP contribution in [0, 0.1) is 0 Å². The van der Waals surface area contributed by atoms with Crippen molar-refractivity contribution >= 4 is 19.4 Å². The number of rotatable bonds is 7. The molecule has 0 saturated heterocycles. The Morgan fingerprint density at radius 2 is 1.70 bits per heavy atom. The number of nitrogens with zero attached hydrogens (tertiary/aromatic N) is 1. The molecule has 0 saturated carbocycles. The normalized spacial score (nSPS) is 13.7. The van der Waals surface area contributed by atoms with Gasteiger partial charge in [0.25, 0.3) is 0 Å². The first-order valence-corrected chi connectivity index (χ1v) is 13.8. The summed E-state index contributed by atoms with van der Waals surface area (Å²) in [5.74, 6) is 1.22. The van der Waals surface area contributed by atoms with Gasteiger partial charge in [-0.15, -0.1) is 0 Å². The molecule has 7 heteroatoms. The van der Waals surface area contributed by atoms with Gasteiger partial charge in [-0.05, 0) is 23.3 Å². The van der Waals surface area contributed by atoms with E-state index in [9.17, 15) is 10.0 Å². The third-order valence-electron chi connectivity index (χ3n) is 5.61. The molecule has 4 rings (SSSR count). The van der Waals surface area contributed by atoms with Gasteiger partial charge in [-0.1, -0.05) is 96.8 Å². The highest BCUT2D eigenvalue weighted by Crippen LogP contribution is 2.36. The summed E-state index contributed by atoms with van der Waals surface area (Å²) in [4.78, 5) is 12.7. The van der Waals surface area contributed by atoms with Crippen LogP contribution in [0.25, 0.3) is 0 Å². The van der Waals surface area contributed by atoms with E-state index in [2.05, 4.69) is 30.9 Å². The topological polar surface area (TPSA) is 68.2 Å². The largest absolute Gasteiger partial charge is 0.454 e. The van der Waals surface area contributed by atoms with E-state index in [-0.39, 0.29) is 13.4 Å². The molecule has 33 heavy (non-hydrogen) atoms.